The van der Waals surface area contributed by atoms with Crippen molar-refractivity contribution in [3.63, 3.8) is 0 Å². The van der Waals surface area contributed by atoms with Crippen LogP contribution in [0.25, 0.3) is 0 Å². The van der Waals surface area contributed by atoms with Gasteiger partial charge in [0.15, 0.2) is 0 Å². The molecule has 7 heteroatoms. The third-order valence-corrected chi connectivity index (χ3v) is 3.10. The minimum absolute atomic E-state index is 0.162. The summed E-state index contributed by atoms with van der Waals surface area (Å²) < 4.78 is 5.34. The fourth-order valence-electron chi connectivity index (χ4n) is 1.46. The molecule has 0 spiro atoms. The van der Waals surface area contributed by atoms with Gasteiger partial charge in [0.1, 0.15) is 17.0 Å². The van der Waals surface area contributed by atoms with Gasteiger partial charge in [-0.2, -0.15) is 0 Å². The number of pyridine rings is 1. The summed E-state index contributed by atoms with van der Waals surface area (Å²) in [5.41, 5.74) is 0.324. The predicted octanol–water partition coefficient (Wildman–Crippen LogP) is 3.18. The topological polar surface area (TPSA) is 68.0 Å². The third kappa shape index (κ3) is 3.24. The van der Waals surface area contributed by atoms with Gasteiger partial charge in [0, 0.05) is 6.20 Å². The molecule has 0 aliphatic heterocycles. The van der Waals surface area contributed by atoms with Crippen LogP contribution in [0.2, 0.25) is 10.2 Å². The molecule has 1 atom stereocenters. The molecule has 0 saturated carbocycles. The van der Waals surface area contributed by atoms with E-state index in [4.69, 9.17) is 27.6 Å². The Bertz CT molecular complexity index is 613. The second-order valence-corrected chi connectivity index (χ2v) is 4.77. The predicted molar refractivity (Wildman–Crippen MR) is 71.4 cm³/mol. The molecule has 2 aromatic heterocycles. The van der Waals surface area contributed by atoms with Crippen molar-refractivity contribution < 1.29 is 9.21 Å². The van der Waals surface area contributed by atoms with Gasteiger partial charge < -0.3 is 9.73 Å². The molecule has 0 aromatic carbocycles. The first-order valence-corrected chi connectivity index (χ1v) is 6.27. The van der Waals surface area contributed by atoms with Crippen LogP contribution in [0.1, 0.15) is 35.0 Å². The molecule has 1 unspecified atom stereocenters. The minimum Gasteiger partial charge on any atom is -0.444 e. The van der Waals surface area contributed by atoms with Crippen molar-refractivity contribution in [3.8, 4) is 0 Å². The quantitative estimate of drug-likeness (QED) is 0.884. The summed E-state index contributed by atoms with van der Waals surface area (Å²) in [6.07, 6.45) is 2.95. The number of carbonyl (C=O) groups is 1. The van der Waals surface area contributed by atoms with E-state index in [2.05, 4.69) is 15.3 Å². The summed E-state index contributed by atoms with van der Waals surface area (Å²) >= 11 is 11.5. The van der Waals surface area contributed by atoms with Crippen LogP contribution in [0, 0.1) is 6.92 Å². The molecular formula is C12H11Cl2N3O2. The van der Waals surface area contributed by atoms with Gasteiger partial charge in [-0.25, -0.2) is 9.97 Å². The summed E-state index contributed by atoms with van der Waals surface area (Å²) in [6, 6.07) is 1.11. The van der Waals surface area contributed by atoms with Gasteiger partial charge in [-0.1, -0.05) is 23.2 Å². The van der Waals surface area contributed by atoms with Gasteiger partial charge >= 0.3 is 0 Å². The van der Waals surface area contributed by atoms with E-state index in [-0.39, 0.29) is 22.1 Å². The normalized spacial score (nSPS) is 12.2. The van der Waals surface area contributed by atoms with Gasteiger partial charge in [-0.05, 0) is 19.9 Å². The second kappa shape index (κ2) is 5.59. The standard InChI is InChI=1S/C12H11Cl2N3O2/c1-6-4-16-12(19-6)7(2)17-11(18)8-3-9(13)10(14)15-5-8/h3-5,7H,1-2H3,(H,17,18). The van der Waals surface area contributed by atoms with Crippen molar-refractivity contribution in [2.75, 3.05) is 0 Å². The molecule has 1 amide bonds. The van der Waals surface area contributed by atoms with Crippen molar-refractivity contribution in [2.45, 2.75) is 19.9 Å². The number of oxazole rings is 1. The maximum absolute atomic E-state index is 12.0. The maximum Gasteiger partial charge on any atom is 0.253 e. The fraction of sp³-hybridized carbons (Fsp3) is 0.250. The summed E-state index contributed by atoms with van der Waals surface area (Å²) in [7, 11) is 0. The number of rotatable bonds is 3. The first kappa shape index (κ1) is 13.8. The van der Waals surface area contributed by atoms with Crippen LogP contribution in [0.3, 0.4) is 0 Å². The third-order valence-electron chi connectivity index (χ3n) is 2.42. The summed E-state index contributed by atoms with van der Waals surface area (Å²) in [5.74, 6) is 0.806. The molecule has 0 bridgehead atoms. The zero-order chi connectivity index (χ0) is 14.0. The number of carbonyl (C=O) groups excluding carboxylic acids is 1. The molecule has 0 fully saturated rings. The van der Waals surface area contributed by atoms with E-state index in [1.54, 1.807) is 20.0 Å². The molecule has 1 N–H and O–H groups in total. The Morgan fingerprint density at radius 3 is 2.68 bits per heavy atom. The molecule has 2 rings (SSSR count). The number of aryl methyl sites for hydroxylation is 1. The molecule has 5 nitrogen and oxygen atoms in total. The average molecular weight is 300 g/mol. The number of amides is 1. The highest BCUT2D eigenvalue weighted by Gasteiger charge is 2.16. The van der Waals surface area contributed by atoms with Crippen molar-refractivity contribution in [3.05, 3.63) is 45.9 Å². The average Bonchev–Trinajstić information content (AvgIpc) is 2.79. The lowest BCUT2D eigenvalue weighted by molar-refractivity contribution is 0.0933. The Hall–Kier alpha value is -1.59. The number of halogens is 2. The Balaban J connectivity index is 2.10. The van der Waals surface area contributed by atoms with E-state index in [1.807, 2.05) is 0 Å². The molecule has 0 aliphatic rings. The number of aromatic nitrogens is 2. The van der Waals surface area contributed by atoms with E-state index in [9.17, 15) is 4.79 Å². The highest BCUT2D eigenvalue weighted by atomic mass is 35.5. The largest absolute Gasteiger partial charge is 0.444 e. The van der Waals surface area contributed by atoms with Crippen LogP contribution in [0.15, 0.2) is 22.9 Å². The monoisotopic (exact) mass is 299 g/mol. The zero-order valence-corrected chi connectivity index (χ0v) is 11.8. The van der Waals surface area contributed by atoms with Crippen molar-refractivity contribution >= 4 is 29.1 Å². The lowest BCUT2D eigenvalue weighted by atomic mass is 10.2. The molecule has 0 aliphatic carbocycles. The fourth-order valence-corrected chi connectivity index (χ4v) is 1.73. The van der Waals surface area contributed by atoms with Crippen LogP contribution >= 0.6 is 23.2 Å². The van der Waals surface area contributed by atoms with Gasteiger partial charge in [-0.15, -0.1) is 0 Å². The summed E-state index contributed by atoms with van der Waals surface area (Å²) in [4.78, 5) is 19.8. The summed E-state index contributed by atoms with van der Waals surface area (Å²) in [5, 5.41) is 3.13. The molecule has 0 radical (unpaired) electrons. The van der Waals surface area contributed by atoms with Crippen LogP contribution in [0.4, 0.5) is 0 Å². The number of hydrogen-bond donors (Lipinski definition) is 1. The van der Waals surface area contributed by atoms with E-state index in [1.165, 1.54) is 12.3 Å². The molecular weight excluding hydrogens is 289 g/mol. The first-order chi connectivity index (χ1) is 8.97. The van der Waals surface area contributed by atoms with E-state index in [0.29, 0.717) is 17.2 Å². The van der Waals surface area contributed by atoms with Crippen LogP contribution in [-0.2, 0) is 0 Å². The van der Waals surface area contributed by atoms with E-state index in [0.717, 1.165) is 0 Å². The van der Waals surface area contributed by atoms with E-state index >= 15 is 0 Å². The van der Waals surface area contributed by atoms with Crippen LogP contribution < -0.4 is 5.32 Å². The lowest BCUT2D eigenvalue weighted by Crippen LogP contribution is -2.27. The van der Waals surface area contributed by atoms with Gasteiger partial charge in [0.05, 0.1) is 16.8 Å². The molecule has 19 heavy (non-hydrogen) atoms. The highest BCUT2D eigenvalue weighted by molar-refractivity contribution is 6.41. The highest BCUT2D eigenvalue weighted by Crippen LogP contribution is 2.20. The number of nitrogens with one attached hydrogen (secondary N) is 1. The van der Waals surface area contributed by atoms with Crippen molar-refractivity contribution in [1.82, 2.24) is 15.3 Å². The Morgan fingerprint density at radius 2 is 2.11 bits per heavy atom. The lowest BCUT2D eigenvalue weighted by Gasteiger charge is -2.10. The molecule has 0 saturated heterocycles. The zero-order valence-electron chi connectivity index (χ0n) is 10.3. The Kier molecular flexibility index (Phi) is 4.07. The Morgan fingerprint density at radius 1 is 1.37 bits per heavy atom. The SMILES string of the molecule is Cc1cnc(C(C)NC(=O)c2cnc(Cl)c(Cl)c2)o1. The smallest absolute Gasteiger partial charge is 0.253 e. The maximum atomic E-state index is 12.0. The van der Waals surface area contributed by atoms with Gasteiger partial charge in [-0.3, -0.25) is 4.79 Å². The molecule has 100 valence electrons. The Labute approximate surface area is 119 Å². The molecule has 2 heterocycles. The summed E-state index contributed by atoms with van der Waals surface area (Å²) in [6.45, 7) is 3.56. The number of hydrogen-bond acceptors (Lipinski definition) is 4. The first-order valence-electron chi connectivity index (χ1n) is 5.51. The van der Waals surface area contributed by atoms with E-state index < -0.39 is 0 Å². The number of nitrogens with zero attached hydrogens (tertiary/aromatic N) is 2. The second-order valence-electron chi connectivity index (χ2n) is 4.00. The van der Waals surface area contributed by atoms with Gasteiger partial charge in [0.25, 0.3) is 5.91 Å². The van der Waals surface area contributed by atoms with Crippen LogP contribution in [0.5, 0.6) is 0 Å². The van der Waals surface area contributed by atoms with Crippen molar-refractivity contribution in [1.29, 1.82) is 0 Å². The molecule has 2 aromatic rings. The van der Waals surface area contributed by atoms with Crippen molar-refractivity contribution in [2.24, 2.45) is 0 Å². The van der Waals surface area contributed by atoms with Gasteiger partial charge in [0.2, 0.25) is 5.89 Å². The minimum atomic E-state index is -0.351. The van der Waals surface area contributed by atoms with Crippen LogP contribution in [-0.4, -0.2) is 15.9 Å².